The minimum atomic E-state index is 0.994. The van der Waals surface area contributed by atoms with Crippen molar-refractivity contribution in [3.05, 3.63) is 7.05 Å². The Balaban J connectivity index is 1.95. The minimum Gasteiger partial charge on any atom is -0.459 e. The van der Waals surface area contributed by atoms with E-state index in [1.165, 1.54) is 25.8 Å². The van der Waals surface area contributed by atoms with Crippen LogP contribution in [0.2, 0.25) is 0 Å². The maximum absolute atomic E-state index is 3.94. The highest BCUT2D eigenvalue weighted by atomic mass is 15.1. The normalized spacial score (nSPS) is 19.0. The molecule has 1 aliphatic rings. The van der Waals surface area contributed by atoms with Crippen LogP contribution in [-0.4, -0.2) is 18.0 Å². The van der Waals surface area contributed by atoms with E-state index in [9.17, 15) is 0 Å². The molecule has 1 nitrogen and oxygen atoms in total. The van der Waals surface area contributed by atoms with E-state index in [0.29, 0.717) is 0 Å². The molecule has 1 aliphatic carbocycles. The lowest BCUT2D eigenvalue weighted by Crippen LogP contribution is -2.18. The molecule has 0 amide bonds. The van der Waals surface area contributed by atoms with Gasteiger partial charge in [0.05, 0.1) is 0 Å². The lowest BCUT2D eigenvalue weighted by molar-refractivity contribution is 0.354. The first-order valence-corrected chi connectivity index (χ1v) is 3.88. The summed E-state index contributed by atoms with van der Waals surface area (Å²) in [6.07, 6.45) is 4.11. The maximum Gasteiger partial charge on any atom is -0.0275 e. The molecule has 0 saturated heterocycles. The molecule has 0 unspecified atom stereocenters. The maximum atomic E-state index is 3.94. The van der Waals surface area contributed by atoms with E-state index in [1.807, 2.05) is 0 Å². The fourth-order valence-corrected chi connectivity index (χ4v) is 1.07. The molecule has 0 aliphatic heterocycles. The molecule has 1 saturated carbocycles. The highest BCUT2D eigenvalue weighted by Crippen LogP contribution is 2.29. The van der Waals surface area contributed by atoms with Gasteiger partial charge in [0.25, 0.3) is 0 Å². The standard InChI is InChI=1S/C8H16N/c1-3-6-9(2)7-8-4-5-8/h8H,2-7H2,1H3/q-1. The van der Waals surface area contributed by atoms with Gasteiger partial charge in [-0.25, -0.2) is 0 Å². The molecule has 0 aromatic heterocycles. The van der Waals surface area contributed by atoms with E-state index in [-0.39, 0.29) is 0 Å². The van der Waals surface area contributed by atoms with Crippen LogP contribution in [0.15, 0.2) is 0 Å². The van der Waals surface area contributed by atoms with Crippen LogP contribution in [0.1, 0.15) is 26.2 Å². The summed E-state index contributed by atoms with van der Waals surface area (Å²) in [5.41, 5.74) is 0. The Labute approximate surface area is 58.0 Å². The van der Waals surface area contributed by atoms with Gasteiger partial charge >= 0.3 is 0 Å². The average molecular weight is 126 g/mol. The second kappa shape index (κ2) is 3.21. The predicted molar refractivity (Wildman–Crippen MR) is 39.9 cm³/mol. The van der Waals surface area contributed by atoms with Crippen molar-refractivity contribution in [2.75, 3.05) is 13.1 Å². The average Bonchev–Trinajstić information content (AvgIpc) is 2.50. The Morgan fingerprint density at radius 3 is 2.67 bits per heavy atom. The lowest BCUT2D eigenvalue weighted by atomic mass is 10.3. The molecule has 0 radical (unpaired) electrons. The van der Waals surface area contributed by atoms with Crippen LogP contribution >= 0.6 is 0 Å². The monoisotopic (exact) mass is 126 g/mol. The summed E-state index contributed by atoms with van der Waals surface area (Å²) in [6.45, 7) is 4.59. The molecule has 0 bridgehead atoms. The molecule has 0 aromatic carbocycles. The van der Waals surface area contributed by atoms with Crippen molar-refractivity contribution in [3.8, 4) is 0 Å². The zero-order valence-electron chi connectivity index (χ0n) is 6.27. The Morgan fingerprint density at radius 1 is 1.56 bits per heavy atom. The zero-order chi connectivity index (χ0) is 6.69. The smallest absolute Gasteiger partial charge is 0.0275 e. The van der Waals surface area contributed by atoms with Crippen molar-refractivity contribution in [1.29, 1.82) is 0 Å². The van der Waals surface area contributed by atoms with E-state index in [2.05, 4.69) is 18.9 Å². The van der Waals surface area contributed by atoms with Crippen molar-refractivity contribution in [2.24, 2.45) is 5.92 Å². The Kier molecular flexibility index (Phi) is 2.52. The Morgan fingerprint density at radius 2 is 2.22 bits per heavy atom. The van der Waals surface area contributed by atoms with Crippen molar-refractivity contribution >= 4 is 0 Å². The third kappa shape index (κ3) is 2.85. The van der Waals surface area contributed by atoms with Crippen LogP contribution in [0.3, 0.4) is 0 Å². The highest BCUT2D eigenvalue weighted by molar-refractivity contribution is 4.76. The first-order chi connectivity index (χ1) is 4.33. The molecule has 54 valence electrons. The van der Waals surface area contributed by atoms with Crippen LogP contribution in [0, 0.1) is 13.0 Å². The largest absolute Gasteiger partial charge is 0.459 e. The second-order valence-electron chi connectivity index (χ2n) is 3.02. The van der Waals surface area contributed by atoms with Crippen LogP contribution in [-0.2, 0) is 0 Å². The minimum absolute atomic E-state index is 0.994. The molecular formula is C8H16N-. The third-order valence-electron chi connectivity index (χ3n) is 1.75. The van der Waals surface area contributed by atoms with Crippen molar-refractivity contribution < 1.29 is 0 Å². The first-order valence-electron chi connectivity index (χ1n) is 3.88. The molecule has 1 fully saturated rings. The molecule has 0 aromatic rings. The summed E-state index contributed by atoms with van der Waals surface area (Å²) in [5, 5.41) is 0. The number of rotatable bonds is 4. The summed E-state index contributed by atoms with van der Waals surface area (Å²) in [5.74, 6) is 0.994. The van der Waals surface area contributed by atoms with Gasteiger partial charge in [0.15, 0.2) is 0 Å². The molecule has 0 heterocycles. The van der Waals surface area contributed by atoms with Gasteiger partial charge in [-0.05, 0) is 38.3 Å². The predicted octanol–water partition coefficient (Wildman–Crippen LogP) is 1.90. The van der Waals surface area contributed by atoms with E-state index in [4.69, 9.17) is 0 Å². The molecule has 1 rings (SSSR count). The summed E-state index contributed by atoms with van der Waals surface area (Å²) in [4.78, 5) is 2.19. The molecule has 1 heteroatoms. The number of hydrogen-bond donors (Lipinski definition) is 0. The summed E-state index contributed by atoms with van der Waals surface area (Å²) >= 11 is 0. The van der Waals surface area contributed by atoms with Crippen molar-refractivity contribution in [2.45, 2.75) is 26.2 Å². The van der Waals surface area contributed by atoms with E-state index >= 15 is 0 Å². The van der Waals surface area contributed by atoms with Gasteiger partial charge in [-0.2, -0.15) is 0 Å². The second-order valence-corrected chi connectivity index (χ2v) is 3.02. The van der Waals surface area contributed by atoms with E-state index in [1.54, 1.807) is 0 Å². The van der Waals surface area contributed by atoms with Crippen LogP contribution in [0.25, 0.3) is 0 Å². The SMILES string of the molecule is [CH2-]N(CCC)CC1CC1. The number of nitrogens with zero attached hydrogens (tertiary/aromatic N) is 1. The van der Waals surface area contributed by atoms with Crippen LogP contribution in [0.4, 0.5) is 0 Å². The molecule has 0 spiro atoms. The fourth-order valence-electron chi connectivity index (χ4n) is 1.07. The van der Waals surface area contributed by atoms with Gasteiger partial charge in [-0.15, -0.1) is 0 Å². The zero-order valence-corrected chi connectivity index (χ0v) is 6.27. The first kappa shape index (κ1) is 7.07. The van der Waals surface area contributed by atoms with Crippen LogP contribution in [0.5, 0.6) is 0 Å². The molecule has 0 N–H and O–H groups in total. The lowest BCUT2D eigenvalue weighted by Gasteiger charge is -2.23. The molecular weight excluding hydrogens is 110 g/mol. The topological polar surface area (TPSA) is 3.24 Å². The Bertz CT molecular complexity index is 76.6. The summed E-state index contributed by atoms with van der Waals surface area (Å²) < 4.78 is 0. The van der Waals surface area contributed by atoms with Crippen molar-refractivity contribution in [3.63, 3.8) is 0 Å². The van der Waals surface area contributed by atoms with Gasteiger partial charge in [0.2, 0.25) is 0 Å². The van der Waals surface area contributed by atoms with E-state index in [0.717, 1.165) is 12.5 Å². The van der Waals surface area contributed by atoms with Gasteiger partial charge in [0, 0.05) is 0 Å². The fraction of sp³-hybridized carbons (Fsp3) is 0.875. The highest BCUT2D eigenvalue weighted by Gasteiger charge is 2.20. The van der Waals surface area contributed by atoms with E-state index < -0.39 is 0 Å². The third-order valence-corrected chi connectivity index (χ3v) is 1.75. The van der Waals surface area contributed by atoms with Gasteiger partial charge in [0.1, 0.15) is 0 Å². The van der Waals surface area contributed by atoms with Gasteiger partial charge < -0.3 is 4.90 Å². The summed E-state index contributed by atoms with van der Waals surface area (Å²) in [6, 6.07) is 0. The summed E-state index contributed by atoms with van der Waals surface area (Å²) in [7, 11) is 3.94. The number of hydrogen-bond acceptors (Lipinski definition) is 1. The molecule has 9 heavy (non-hydrogen) atoms. The van der Waals surface area contributed by atoms with Gasteiger partial charge in [-0.1, -0.05) is 6.92 Å². The van der Waals surface area contributed by atoms with Crippen LogP contribution < -0.4 is 0 Å². The quantitative estimate of drug-likeness (QED) is 0.520. The Hall–Kier alpha value is -0.0400. The molecule has 0 atom stereocenters. The van der Waals surface area contributed by atoms with Gasteiger partial charge in [-0.3, -0.25) is 7.05 Å². The van der Waals surface area contributed by atoms with Crippen molar-refractivity contribution in [1.82, 2.24) is 4.90 Å².